The fourth-order valence-corrected chi connectivity index (χ4v) is 2.06. The molecule has 0 bridgehead atoms. The molecule has 0 aliphatic rings. The van der Waals surface area contributed by atoms with Gasteiger partial charge in [0.1, 0.15) is 12.4 Å². The van der Waals surface area contributed by atoms with Crippen molar-refractivity contribution in [3.63, 3.8) is 0 Å². The number of hydrogen-bond donors (Lipinski definition) is 1. The summed E-state index contributed by atoms with van der Waals surface area (Å²) in [6, 6.07) is 17.4. The molecule has 0 aliphatic heterocycles. The van der Waals surface area contributed by atoms with Crippen molar-refractivity contribution in [2.24, 2.45) is 0 Å². The number of nitrogens with one attached hydrogen (secondary N) is 1. The minimum atomic E-state index is 0.513. The van der Waals surface area contributed by atoms with Gasteiger partial charge in [0, 0.05) is 12.6 Å². The molecule has 2 rings (SSSR count). The van der Waals surface area contributed by atoms with Gasteiger partial charge < -0.3 is 10.1 Å². The summed E-state index contributed by atoms with van der Waals surface area (Å²) in [4.78, 5) is 0. The van der Waals surface area contributed by atoms with Gasteiger partial charge in [-0.25, -0.2) is 0 Å². The summed E-state index contributed by atoms with van der Waals surface area (Å²) >= 11 is 0. The van der Waals surface area contributed by atoms with Crippen molar-refractivity contribution in [2.45, 2.75) is 46.4 Å². The van der Waals surface area contributed by atoms with Gasteiger partial charge in [0.05, 0.1) is 0 Å². The van der Waals surface area contributed by atoms with Crippen LogP contribution in [0, 0.1) is 0 Å². The minimum absolute atomic E-state index is 0.513. The van der Waals surface area contributed by atoms with Crippen LogP contribution in [0.3, 0.4) is 0 Å². The van der Waals surface area contributed by atoms with Crippen LogP contribution in [0.25, 0.3) is 0 Å². The van der Waals surface area contributed by atoms with Crippen LogP contribution in [0.15, 0.2) is 48.5 Å². The molecule has 0 unspecified atom stereocenters. The van der Waals surface area contributed by atoms with Crippen LogP contribution in [0.2, 0.25) is 0 Å². The van der Waals surface area contributed by atoms with Crippen molar-refractivity contribution in [2.75, 3.05) is 0 Å². The molecule has 0 saturated heterocycles. The van der Waals surface area contributed by atoms with Crippen LogP contribution in [0.1, 0.15) is 37.5 Å². The van der Waals surface area contributed by atoms with Gasteiger partial charge in [0.2, 0.25) is 0 Å². The van der Waals surface area contributed by atoms with Crippen LogP contribution < -0.4 is 10.1 Å². The third kappa shape index (κ3) is 5.24. The predicted octanol–water partition coefficient (Wildman–Crippen LogP) is 4.33. The predicted molar refractivity (Wildman–Crippen MR) is 88.6 cm³/mol. The molecular weight excluding hydrogens is 258 g/mol. The second-order valence-electron chi connectivity index (χ2n) is 5.64. The van der Waals surface area contributed by atoms with Gasteiger partial charge in [-0.05, 0) is 35.2 Å². The third-order valence-electron chi connectivity index (χ3n) is 3.47. The molecule has 0 atom stereocenters. The summed E-state index contributed by atoms with van der Waals surface area (Å²) in [6.07, 6.45) is 1.06. The molecule has 2 heteroatoms. The fourth-order valence-electron chi connectivity index (χ4n) is 2.06. The lowest BCUT2D eigenvalue weighted by atomic mass is 10.1. The molecule has 1 N–H and O–H groups in total. The van der Waals surface area contributed by atoms with Gasteiger partial charge in [-0.2, -0.15) is 0 Å². The summed E-state index contributed by atoms with van der Waals surface area (Å²) in [7, 11) is 0. The number of ether oxygens (including phenoxy) is 1. The van der Waals surface area contributed by atoms with Gasteiger partial charge >= 0.3 is 0 Å². The number of hydrogen-bond acceptors (Lipinski definition) is 2. The number of benzene rings is 2. The van der Waals surface area contributed by atoms with Gasteiger partial charge in [0.15, 0.2) is 0 Å². The first-order valence-corrected chi connectivity index (χ1v) is 7.70. The Balaban J connectivity index is 1.85. The first kappa shape index (κ1) is 15.6. The second-order valence-corrected chi connectivity index (χ2v) is 5.64. The topological polar surface area (TPSA) is 21.3 Å². The van der Waals surface area contributed by atoms with E-state index in [1.807, 2.05) is 12.1 Å². The first-order chi connectivity index (χ1) is 10.2. The Kier molecular flexibility index (Phi) is 5.82. The van der Waals surface area contributed by atoms with Crippen LogP contribution >= 0.6 is 0 Å². The minimum Gasteiger partial charge on any atom is -0.489 e. The van der Waals surface area contributed by atoms with Crippen molar-refractivity contribution in [3.8, 4) is 5.75 Å². The number of aryl methyl sites for hydroxylation is 1. The molecule has 2 aromatic rings. The van der Waals surface area contributed by atoms with Crippen LogP contribution in [0.4, 0.5) is 0 Å². The summed E-state index contributed by atoms with van der Waals surface area (Å²) in [5, 5.41) is 3.42. The lowest BCUT2D eigenvalue weighted by Gasteiger charge is -2.10. The van der Waals surface area contributed by atoms with E-state index in [-0.39, 0.29) is 0 Å². The monoisotopic (exact) mass is 283 g/mol. The second kappa shape index (κ2) is 7.84. The highest BCUT2D eigenvalue weighted by Crippen LogP contribution is 2.15. The van der Waals surface area contributed by atoms with Gasteiger partial charge in [-0.15, -0.1) is 0 Å². The molecule has 0 radical (unpaired) electrons. The highest BCUT2D eigenvalue weighted by molar-refractivity contribution is 5.28. The smallest absolute Gasteiger partial charge is 0.119 e. The summed E-state index contributed by atoms with van der Waals surface area (Å²) in [6.45, 7) is 8.00. The molecular formula is C19H25NO. The quantitative estimate of drug-likeness (QED) is 0.817. The largest absolute Gasteiger partial charge is 0.489 e. The maximum atomic E-state index is 5.81. The van der Waals surface area contributed by atoms with Crippen LogP contribution in [-0.4, -0.2) is 6.04 Å². The van der Waals surface area contributed by atoms with E-state index in [9.17, 15) is 0 Å². The molecule has 0 amide bonds. The molecule has 0 spiro atoms. The lowest BCUT2D eigenvalue weighted by molar-refractivity contribution is 0.306. The van der Waals surface area contributed by atoms with Gasteiger partial charge in [-0.1, -0.05) is 57.2 Å². The Bertz CT molecular complexity index is 528. The van der Waals surface area contributed by atoms with E-state index in [1.54, 1.807) is 0 Å². The van der Waals surface area contributed by atoms with E-state index < -0.39 is 0 Å². The van der Waals surface area contributed by atoms with Crippen molar-refractivity contribution < 1.29 is 4.74 Å². The highest BCUT2D eigenvalue weighted by Gasteiger charge is 1.99. The van der Waals surface area contributed by atoms with Crippen molar-refractivity contribution in [1.29, 1.82) is 0 Å². The average molecular weight is 283 g/mol. The van der Waals surface area contributed by atoms with E-state index in [1.165, 1.54) is 16.7 Å². The van der Waals surface area contributed by atoms with Crippen molar-refractivity contribution >= 4 is 0 Å². The molecule has 0 heterocycles. The molecule has 112 valence electrons. The fraction of sp³-hybridized carbons (Fsp3) is 0.368. The highest BCUT2D eigenvalue weighted by atomic mass is 16.5. The van der Waals surface area contributed by atoms with Crippen molar-refractivity contribution in [3.05, 3.63) is 65.2 Å². The number of rotatable bonds is 7. The lowest BCUT2D eigenvalue weighted by Crippen LogP contribution is -2.21. The maximum Gasteiger partial charge on any atom is 0.119 e. The Morgan fingerprint density at radius 3 is 2.00 bits per heavy atom. The SMILES string of the molecule is CCc1ccc(OCc2ccc(CNC(C)C)cc2)cc1. The molecule has 0 aliphatic carbocycles. The average Bonchev–Trinajstić information content (AvgIpc) is 2.52. The Morgan fingerprint density at radius 2 is 1.43 bits per heavy atom. The first-order valence-electron chi connectivity index (χ1n) is 7.70. The Labute approximate surface area is 128 Å². The molecule has 2 nitrogen and oxygen atoms in total. The molecule has 2 aromatic carbocycles. The zero-order chi connectivity index (χ0) is 15.1. The summed E-state index contributed by atoms with van der Waals surface area (Å²) in [5.41, 5.74) is 3.84. The van der Waals surface area contributed by atoms with Crippen molar-refractivity contribution in [1.82, 2.24) is 5.32 Å². The molecule has 0 saturated carbocycles. The van der Waals surface area contributed by atoms with E-state index >= 15 is 0 Å². The van der Waals surface area contributed by atoms with E-state index in [0.717, 1.165) is 18.7 Å². The molecule has 21 heavy (non-hydrogen) atoms. The van der Waals surface area contributed by atoms with E-state index in [2.05, 4.69) is 62.5 Å². The zero-order valence-corrected chi connectivity index (χ0v) is 13.2. The van der Waals surface area contributed by atoms with Gasteiger partial charge in [0.25, 0.3) is 0 Å². The Hall–Kier alpha value is -1.80. The van der Waals surface area contributed by atoms with E-state index in [0.29, 0.717) is 12.6 Å². The molecule has 0 aromatic heterocycles. The van der Waals surface area contributed by atoms with Gasteiger partial charge in [-0.3, -0.25) is 0 Å². The van der Waals surface area contributed by atoms with Crippen LogP contribution in [-0.2, 0) is 19.6 Å². The molecule has 0 fully saturated rings. The normalized spacial score (nSPS) is 10.9. The summed E-state index contributed by atoms with van der Waals surface area (Å²) < 4.78 is 5.81. The maximum absolute atomic E-state index is 5.81. The van der Waals surface area contributed by atoms with E-state index in [4.69, 9.17) is 4.74 Å². The standard InChI is InChI=1S/C19H25NO/c1-4-16-9-11-19(12-10-16)21-14-18-7-5-17(6-8-18)13-20-15(2)3/h5-12,15,20H,4,13-14H2,1-3H3. The zero-order valence-electron chi connectivity index (χ0n) is 13.2. The Morgan fingerprint density at radius 1 is 0.857 bits per heavy atom. The third-order valence-corrected chi connectivity index (χ3v) is 3.47. The van der Waals surface area contributed by atoms with Crippen LogP contribution in [0.5, 0.6) is 5.75 Å². The summed E-state index contributed by atoms with van der Waals surface area (Å²) in [5.74, 6) is 0.928.